The fraction of sp³-hybridized carbons (Fsp3) is 0.909. The van der Waals surface area contributed by atoms with Gasteiger partial charge >= 0.3 is 5.97 Å². The van der Waals surface area contributed by atoms with E-state index in [0.29, 0.717) is 12.0 Å². The second kappa shape index (κ2) is 4.30. The number of nitrogens with one attached hydrogen (secondary N) is 1. The number of methoxy groups -OCH3 is 1. The van der Waals surface area contributed by atoms with E-state index in [-0.39, 0.29) is 5.97 Å². The van der Waals surface area contributed by atoms with Crippen LogP contribution in [0.4, 0.5) is 0 Å². The van der Waals surface area contributed by atoms with E-state index in [1.165, 1.54) is 7.11 Å². The number of rotatable bonds is 5. The first-order valence-corrected chi connectivity index (χ1v) is 5.40. The maximum Gasteiger partial charge on any atom is 0.326 e. The van der Waals surface area contributed by atoms with Crippen molar-refractivity contribution in [3.8, 4) is 0 Å². The fourth-order valence-electron chi connectivity index (χ4n) is 1.83. The Bertz CT molecular complexity index is 213. The summed E-state index contributed by atoms with van der Waals surface area (Å²) < 4.78 is 4.86. The van der Waals surface area contributed by atoms with Gasteiger partial charge in [0.05, 0.1) is 7.11 Å². The van der Waals surface area contributed by atoms with Gasteiger partial charge in [-0.2, -0.15) is 0 Å². The smallest absolute Gasteiger partial charge is 0.326 e. The van der Waals surface area contributed by atoms with Crippen LogP contribution in [0, 0.1) is 5.92 Å². The Labute approximate surface area is 86.2 Å². The van der Waals surface area contributed by atoms with Crippen molar-refractivity contribution in [2.75, 3.05) is 7.11 Å². The summed E-state index contributed by atoms with van der Waals surface area (Å²) in [5, 5.41) is 3.38. The molecule has 1 N–H and O–H groups in total. The molecule has 0 radical (unpaired) electrons. The van der Waals surface area contributed by atoms with Crippen molar-refractivity contribution in [1.29, 1.82) is 0 Å². The number of ether oxygens (including phenoxy) is 1. The molecule has 0 bridgehead atoms. The molecule has 1 aliphatic carbocycles. The predicted molar refractivity (Wildman–Crippen MR) is 56.0 cm³/mol. The van der Waals surface area contributed by atoms with E-state index in [9.17, 15) is 4.79 Å². The first-order chi connectivity index (χ1) is 6.54. The highest BCUT2D eigenvalue weighted by Crippen LogP contribution is 2.40. The van der Waals surface area contributed by atoms with Crippen molar-refractivity contribution in [3.63, 3.8) is 0 Å². The van der Waals surface area contributed by atoms with Crippen molar-refractivity contribution < 1.29 is 9.53 Å². The molecule has 1 fully saturated rings. The van der Waals surface area contributed by atoms with Gasteiger partial charge in [0.25, 0.3) is 0 Å². The molecule has 1 rings (SSSR count). The van der Waals surface area contributed by atoms with Crippen molar-refractivity contribution in [1.82, 2.24) is 5.32 Å². The summed E-state index contributed by atoms with van der Waals surface area (Å²) in [5.41, 5.74) is -0.468. The summed E-state index contributed by atoms with van der Waals surface area (Å²) in [6.45, 7) is 6.18. The molecule has 82 valence electrons. The molecule has 3 heteroatoms. The molecule has 2 atom stereocenters. The third kappa shape index (κ3) is 2.27. The second-order valence-electron chi connectivity index (χ2n) is 4.42. The lowest BCUT2D eigenvalue weighted by Gasteiger charge is -2.31. The molecule has 0 saturated heterocycles. The molecule has 2 unspecified atom stereocenters. The molecule has 3 nitrogen and oxygen atoms in total. The van der Waals surface area contributed by atoms with Gasteiger partial charge in [0.2, 0.25) is 0 Å². The van der Waals surface area contributed by atoms with Gasteiger partial charge in [-0.25, -0.2) is 0 Å². The van der Waals surface area contributed by atoms with Crippen LogP contribution < -0.4 is 5.32 Å². The van der Waals surface area contributed by atoms with Crippen molar-refractivity contribution in [2.24, 2.45) is 5.92 Å². The average Bonchev–Trinajstić information content (AvgIpc) is 2.99. The molecule has 0 heterocycles. The van der Waals surface area contributed by atoms with E-state index in [1.807, 2.05) is 6.92 Å². The molecule has 0 aromatic carbocycles. The van der Waals surface area contributed by atoms with Crippen LogP contribution in [-0.4, -0.2) is 24.7 Å². The quantitative estimate of drug-likeness (QED) is 0.685. The maximum atomic E-state index is 11.7. The van der Waals surface area contributed by atoms with E-state index in [0.717, 1.165) is 19.3 Å². The third-order valence-corrected chi connectivity index (χ3v) is 3.16. The van der Waals surface area contributed by atoms with Crippen LogP contribution in [0.15, 0.2) is 0 Å². The van der Waals surface area contributed by atoms with Crippen LogP contribution in [0.5, 0.6) is 0 Å². The molecule has 0 amide bonds. The Morgan fingerprint density at radius 1 is 1.64 bits per heavy atom. The number of hydrogen-bond acceptors (Lipinski definition) is 3. The van der Waals surface area contributed by atoms with Crippen LogP contribution >= 0.6 is 0 Å². The number of esters is 1. The summed E-state index contributed by atoms with van der Waals surface area (Å²) in [6.07, 6.45) is 3.30. The topological polar surface area (TPSA) is 38.3 Å². The summed E-state index contributed by atoms with van der Waals surface area (Å²) >= 11 is 0. The molecular weight excluding hydrogens is 178 g/mol. The standard InChI is InChI=1S/C11H21NO2/c1-5-8(2)12-11(3,9-6-7-9)10(13)14-4/h8-9,12H,5-7H2,1-4H3. The Balaban J connectivity index is 2.65. The van der Waals surface area contributed by atoms with Gasteiger partial charge in [-0.15, -0.1) is 0 Å². The highest BCUT2D eigenvalue weighted by atomic mass is 16.5. The van der Waals surface area contributed by atoms with Crippen LogP contribution in [0.1, 0.15) is 40.0 Å². The van der Waals surface area contributed by atoms with Crippen LogP contribution in [-0.2, 0) is 9.53 Å². The van der Waals surface area contributed by atoms with Gasteiger partial charge < -0.3 is 4.74 Å². The lowest BCUT2D eigenvalue weighted by Crippen LogP contribution is -2.55. The van der Waals surface area contributed by atoms with E-state index < -0.39 is 5.54 Å². The van der Waals surface area contributed by atoms with Crippen LogP contribution in [0.2, 0.25) is 0 Å². The minimum atomic E-state index is -0.468. The van der Waals surface area contributed by atoms with Gasteiger partial charge in [-0.05, 0) is 39.0 Å². The Kier molecular flexibility index (Phi) is 3.53. The van der Waals surface area contributed by atoms with Crippen molar-refractivity contribution in [3.05, 3.63) is 0 Å². The normalized spacial score (nSPS) is 22.6. The SMILES string of the molecule is CCC(C)NC(C)(C(=O)OC)C1CC1. The highest BCUT2D eigenvalue weighted by molar-refractivity contribution is 5.81. The molecule has 1 aliphatic rings. The third-order valence-electron chi connectivity index (χ3n) is 3.16. The largest absolute Gasteiger partial charge is 0.468 e. The number of carbonyl (C=O) groups is 1. The first-order valence-electron chi connectivity index (χ1n) is 5.40. The van der Waals surface area contributed by atoms with E-state index in [4.69, 9.17) is 4.74 Å². The van der Waals surface area contributed by atoms with Gasteiger partial charge in [0.1, 0.15) is 5.54 Å². The first kappa shape index (κ1) is 11.5. The van der Waals surface area contributed by atoms with Crippen molar-refractivity contribution >= 4 is 5.97 Å². The highest BCUT2D eigenvalue weighted by Gasteiger charge is 2.48. The summed E-state index contributed by atoms with van der Waals surface area (Å²) in [7, 11) is 1.46. The van der Waals surface area contributed by atoms with Gasteiger partial charge in [0, 0.05) is 6.04 Å². The monoisotopic (exact) mass is 199 g/mol. The maximum absolute atomic E-state index is 11.7. The Hall–Kier alpha value is -0.570. The minimum absolute atomic E-state index is 0.125. The lowest BCUT2D eigenvalue weighted by molar-refractivity contribution is -0.149. The van der Waals surface area contributed by atoms with Crippen LogP contribution in [0.3, 0.4) is 0 Å². The van der Waals surface area contributed by atoms with Gasteiger partial charge in [-0.3, -0.25) is 10.1 Å². The molecule has 0 aromatic heterocycles. The number of carbonyl (C=O) groups excluding carboxylic acids is 1. The van der Waals surface area contributed by atoms with Crippen molar-refractivity contribution in [2.45, 2.75) is 51.6 Å². The van der Waals surface area contributed by atoms with Gasteiger partial charge in [-0.1, -0.05) is 6.92 Å². The number of hydrogen-bond donors (Lipinski definition) is 1. The minimum Gasteiger partial charge on any atom is -0.468 e. The van der Waals surface area contributed by atoms with E-state index in [1.54, 1.807) is 0 Å². The molecule has 0 aliphatic heterocycles. The Morgan fingerprint density at radius 2 is 2.21 bits per heavy atom. The molecule has 14 heavy (non-hydrogen) atoms. The molecule has 0 aromatic rings. The summed E-state index contributed by atoms with van der Waals surface area (Å²) in [6, 6.07) is 0.361. The predicted octanol–water partition coefficient (Wildman–Crippen LogP) is 1.72. The zero-order valence-electron chi connectivity index (χ0n) is 9.59. The lowest BCUT2D eigenvalue weighted by atomic mass is 9.94. The van der Waals surface area contributed by atoms with Gasteiger partial charge in [0.15, 0.2) is 0 Å². The van der Waals surface area contributed by atoms with Crippen LogP contribution in [0.25, 0.3) is 0 Å². The Morgan fingerprint density at radius 3 is 2.57 bits per heavy atom. The average molecular weight is 199 g/mol. The fourth-order valence-corrected chi connectivity index (χ4v) is 1.83. The molecule has 0 spiro atoms. The molecule has 1 saturated carbocycles. The summed E-state index contributed by atoms with van der Waals surface area (Å²) in [5.74, 6) is 0.337. The summed E-state index contributed by atoms with van der Waals surface area (Å²) in [4.78, 5) is 11.7. The second-order valence-corrected chi connectivity index (χ2v) is 4.42. The van der Waals surface area contributed by atoms with E-state index >= 15 is 0 Å². The zero-order valence-corrected chi connectivity index (χ0v) is 9.59. The zero-order chi connectivity index (χ0) is 10.8. The molecular formula is C11H21NO2. The van der Waals surface area contributed by atoms with E-state index in [2.05, 4.69) is 19.2 Å².